The molecule has 3 heteroatoms. The van der Waals surface area contributed by atoms with Gasteiger partial charge in [0.2, 0.25) is 0 Å². The number of aliphatic hydroxyl groups excluding tert-OH is 1. The summed E-state index contributed by atoms with van der Waals surface area (Å²) in [5.41, 5.74) is 0.259. The standard InChI is InChI=1S/C20H32O3/c1-19-9-8-15-13(14(19)6-7-18(19)22)5-4-12-10-16(21)17(23-3)11-20(12,15)2/h12-17,21H,4-11H2,1-3H3/t12?,13-,14-,15+,16?,17?,19-,20-/m0/s1. The second-order valence-corrected chi connectivity index (χ2v) is 9.36. The van der Waals surface area contributed by atoms with Crippen molar-refractivity contribution in [1.82, 2.24) is 0 Å². The molecular formula is C20H32O3. The maximum absolute atomic E-state index is 12.5. The highest BCUT2D eigenvalue weighted by molar-refractivity contribution is 5.87. The van der Waals surface area contributed by atoms with E-state index in [1.165, 1.54) is 19.3 Å². The van der Waals surface area contributed by atoms with Gasteiger partial charge in [0.05, 0.1) is 12.2 Å². The zero-order valence-corrected chi connectivity index (χ0v) is 14.9. The van der Waals surface area contributed by atoms with Crippen LogP contribution in [0.3, 0.4) is 0 Å². The number of hydrogen-bond acceptors (Lipinski definition) is 3. The Hall–Kier alpha value is -0.410. The number of hydrogen-bond donors (Lipinski definition) is 1. The average molecular weight is 320 g/mol. The molecule has 0 saturated heterocycles. The van der Waals surface area contributed by atoms with E-state index in [0.29, 0.717) is 23.5 Å². The Morgan fingerprint density at radius 1 is 1.13 bits per heavy atom. The van der Waals surface area contributed by atoms with E-state index in [1.807, 2.05) is 0 Å². The molecule has 4 saturated carbocycles. The van der Waals surface area contributed by atoms with Crippen LogP contribution in [0.5, 0.6) is 0 Å². The lowest BCUT2D eigenvalue weighted by Crippen LogP contribution is -2.57. The van der Waals surface area contributed by atoms with Crippen LogP contribution in [0.1, 0.15) is 65.2 Å². The smallest absolute Gasteiger partial charge is 0.139 e. The summed E-state index contributed by atoms with van der Waals surface area (Å²) in [5, 5.41) is 10.4. The normalized spacial score (nSPS) is 55.9. The van der Waals surface area contributed by atoms with Gasteiger partial charge in [-0.05, 0) is 74.0 Å². The SMILES string of the molecule is COC1C[C@@]2(C)C(CC[C@@H]3[C@H]2CC[C@]2(C)C(=O)CC[C@@H]32)CC1O. The van der Waals surface area contributed by atoms with Crippen LogP contribution in [-0.2, 0) is 9.53 Å². The van der Waals surface area contributed by atoms with Gasteiger partial charge in [-0.15, -0.1) is 0 Å². The highest BCUT2D eigenvalue weighted by Gasteiger charge is 2.61. The van der Waals surface area contributed by atoms with Crippen LogP contribution < -0.4 is 0 Å². The molecule has 4 fully saturated rings. The lowest BCUT2D eigenvalue weighted by Gasteiger charge is -2.60. The van der Waals surface area contributed by atoms with Crippen LogP contribution >= 0.6 is 0 Å². The molecule has 0 amide bonds. The predicted octanol–water partition coefficient (Wildman–Crippen LogP) is 3.58. The summed E-state index contributed by atoms with van der Waals surface area (Å²) in [4.78, 5) is 12.5. The number of fused-ring (bicyclic) bond motifs is 5. The summed E-state index contributed by atoms with van der Waals surface area (Å²) in [7, 11) is 1.74. The molecular weight excluding hydrogens is 288 g/mol. The van der Waals surface area contributed by atoms with Crippen molar-refractivity contribution in [1.29, 1.82) is 0 Å². The van der Waals surface area contributed by atoms with Crippen LogP contribution in [0.25, 0.3) is 0 Å². The monoisotopic (exact) mass is 320 g/mol. The van der Waals surface area contributed by atoms with Gasteiger partial charge in [-0.1, -0.05) is 13.8 Å². The van der Waals surface area contributed by atoms with Crippen molar-refractivity contribution in [2.75, 3.05) is 7.11 Å². The maximum Gasteiger partial charge on any atom is 0.139 e. The van der Waals surface area contributed by atoms with Gasteiger partial charge in [0, 0.05) is 18.9 Å². The van der Waals surface area contributed by atoms with E-state index in [1.54, 1.807) is 7.11 Å². The number of methoxy groups -OCH3 is 1. The van der Waals surface area contributed by atoms with Gasteiger partial charge in [0.25, 0.3) is 0 Å². The van der Waals surface area contributed by atoms with Crippen molar-refractivity contribution in [2.45, 2.75) is 77.4 Å². The minimum Gasteiger partial charge on any atom is -0.390 e. The Morgan fingerprint density at radius 3 is 2.65 bits per heavy atom. The number of ketones is 1. The topological polar surface area (TPSA) is 46.5 Å². The lowest BCUT2D eigenvalue weighted by molar-refractivity contribution is -0.166. The summed E-state index contributed by atoms with van der Waals surface area (Å²) in [6.45, 7) is 4.71. The Balaban J connectivity index is 1.64. The van der Waals surface area contributed by atoms with Crippen molar-refractivity contribution < 1.29 is 14.6 Å². The van der Waals surface area contributed by atoms with E-state index < -0.39 is 0 Å². The minimum absolute atomic E-state index is 0.00600. The van der Waals surface area contributed by atoms with Crippen LogP contribution in [0.4, 0.5) is 0 Å². The van der Waals surface area contributed by atoms with Crippen molar-refractivity contribution in [3.8, 4) is 0 Å². The zero-order valence-electron chi connectivity index (χ0n) is 14.9. The Morgan fingerprint density at radius 2 is 1.91 bits per heavy atom. The van der Waals surface area contributed by atoms with Crippen LogP contribution in [0.2, 0.25) is 0 Å². The first kappa shape index (κ1) is 16.1. The van der Waals surface area contributed by atoms with Crippen molar-refractivity contribution in [2.24, 2.45) is 34.5 Å². The fourth-order valence-electron chi connectivity index (χ4n) is 7.26. The molecule has 3 nitrogen and oxygen atoms in total. The summed E-state index contributed by atoms with van der Waals surface area (Å²) >= 11 is 0. The molecule has 23 heavy (non-hydrogen) atoms. The second kappa shape index (κ2) is 5.29. The molecule has 0 spiro atoms. The molecule has 0 aromatic carbocycles. The minimum atomic E-state index is -0.295. The van der Waals surface area contributed by atoms with E-state index in [9.17, 15) is 9.90 Å². The molecule has 1 N–H and O–H groups in total. The number of Topliss-reactive ketones (excluding diaryl/α,β-unsaturated/α-hetero) is 1. The first-order valence-electron chi connectivity index (χ1n) is 9.64. The van der Waals surface area contributed by atoms with Gasteiger partial charge < -0.3 is 9.84 Å². The highest BCUT2D eigenvalue weighted by atomic mass is 16.5. The first-order chi connectivity index (χ1) is 10.9. The van der Waals surface area contributed by atoms with Gasteiger partial charge in [-0.25, -0.2) is 0 Å². The van der Waals surface area contributed by atoms with Gasteiger partial charge in [0.1, 0.15) is 5.78 Å². The lowest BCUT2D eigenvalue weighted by atomic mass is 9.45. The third-order valence-electron chi connectivity index (χ3n) is 8.67. The predicted molar refractivity (Wildman–Crippen MR) is 88.9 cm³/mol. The van der Waals surface area contributed by atoms with Gasteiger partial charge in [0.15, 0.2) is 0 Å². The molecule has 0 heterocycles. The van der Waals surface area contributed by atoms with E-state index in [-0.39, 0.29) is 23.0 Å². The van der Waals surface area contributed by atoms with Gasteiger partial charge in [-0.2, -0.15) is 0 Å². The van der Waals surface area contributed by atoms with Gasteiger partial charge in [-0.3, -0.25) is 4.79 Å². The molecule has 0 radical (unpaired) electrons. The summed E-state index contributed by atoms with van der Waals surface area (Å²) in [5.74, 6) is 3.21. The van der Waals surface area contributed by atoms with Crippen molar-refractivity contribution in [3.05, 3.63) is 0 Å². The van der Waals surface area contributed by atoms with E-state index in [2.05, 4.69) is 13.8 Å². The zero-order chi connectivity index (χ0) is 16.4. The van der Waals surface area contributed by atoms with Crippen molar-refractivity contribution in [3.63, 3.8) is 0 Å². The average Bonchev–Trinajstić information content (AvgIpc) is 2.83. The number of carbonyl (C=O) groups excluding carboxylic acids is 1. The van der Waals surface area contributed by atoms with Crippen molar-refractivity contribution >= 4 is 5.78 Å². The summed E-state index contributed by atoms with van der Waals surface area (Å²) in [6.07, 6.45) is 8.30. The molecule has 3 unspecified atom stereocenters. The number of ether oxygens (including phenoxy) is 1. The molecule has 8 atom stereocenters. The van der Waals surface area contributed by atoms with E-state index in [4.69, 9.17) is 4.74 Å². The Kier molecular flexibility index (Phi) is 3.70. The largest absolute Gasteiger partial charge is 0.390 e. The van der Waals surface area contributed by atoms with E-state index in [0.717, 1.165) is 38.0 Å². The van der Waals surface area contributed by atoms with Crippen LogP contribution in [0, 0.1) is 34.5 Å². The quantitative estimate of drug-likeness (QED) is 0.803. The maximum atomic E-state index is 12.5. The van der Waals surface area contributed by atoms with Gasteiger partial charge >= 0.3 is 0 Å². The Labute approximate surface area is 140 Å². The Bertz CT molecular complexity index is 503. The molecule has 0 aliphatic heterocycles. The fraction of sp³-hybridized carbons (Fsp3) is 0.950. The highest BCUT2D eigenvalue weighted by Crippen LogP contribution is 2.65. The summed E-state index contributed by atoms with van der Waals surface area (Å²) < 4.78 is 5.62. The molecule has 4 aliphatic carbocycles. The number of rotatable bonds is 1. The van der Waals surface area contributed by atoms with Crippen LogP contribution in [-0.4, -0.2) is 30.2 Å². The van der Waals surface area contributed by atoms with Crippen LogP contribution in [0.15, 0.2) is 0 Å². The first-order valence-corrected chi connectivity index (χ1v) is 9.64. The molecule has 0 bridgehead atoms. The third-order valence-corrected chi connectivity index (χ3v) is 8.67. The van der Waals surface area contributed by atoms with E-state index >= 15 is 0 Å². The number of carbonyl (C=O) groups is 1. The second-order valence-electron chi connectivity index (χ2n) is 9.36. The summed E-state index contributed by atoms with van der Waals surface area (Å²) in [6, 6.07) is 0. The fourth-order valence-corrected chi connectivity index (χ4v) is 7.26. The molecule has 4 rings (SSSR count). The molecule has 0 aromatic heterocycles. The molecule has 0 aromatic rings. The number of aliphatic hydroxyl groups is 1. The molecule has 4 aliphatic rings. The third kappa shape index (κ3) is 2.12. The molecule has 130 valence electrons.